The molecule has 2 fully saturated rings. The standard InChI is InChI=1S/C60H113NO13/c1-3-5-7-9-11-13-15-17-19-20-21-22-23-24-25-26-27-28-29-30-31-33-35-37-39-41-43-49(64)48(61-52(65)44-42-40-38-36-34-32-18-16-14-12-10-8-6-4-2)47-71-59-57(70)55(68)58(51(46-63)73-59)74-60-56(69)54(67)53(66)50(45-62)72-60/h33,35,41,43,48-51,53-60,62-64,66-70H,3-32,34,36-40,42,44-47H2,1-2H3,(H,61,65)/b35-33+,43-41+. The average Bonchev–Trinajstić information content (AvgIpc) is 3.40. The van der Waals surface area contributed by atoms with Crippen LogP contribution in [0.3, 0.4) is 0 Å². The Bertz CT molecular complexity index is 1340. The Morgan fingerprint density at radius 2 is 0.865 bits per heavy atom. The SMILES string of the molecule is CCCCCCCCCCCCCCCCCCCCCC/C=C/CC/C=C/C(O)C(COC1OC(CO)C(OC2OC(CO)C(O)C(O)C2O)C(O)C1O)NC(=O)CCCCCCCCCCCCCCCC. The van der Waals surface area contributed by atoms with Crippen molar-refractivity contribution in [2.45, 2.75) is 331 Å². The molecule has 0 aliphatic carbocycles. The van der Waals surface area contributed by atoms with Crippen LogP contribution in [0.4, 0.5) is 0 Å². The normalized spacial score (nSPS) is 25.3. The average molecular weight is 1060 g/mol. The summed E-state index contributed by atoms with van der Waals surface area (Å²) in [5.74, 6) is -0.246. The summed E-state index contributed by atoms with van der Waals surface area (Å²) in [6.45, 7) is 2.80. The number of hydrogen-bond donors (Lipinski definition) is 9. The van der Waals surface area contributed by atoms with Crippen molar-refractivity contribution in [3.63, 3.8) is 0 Å². The lowest BCUT2D eigenvalue weighted by Gasteiger charge is -2.46. The first-order valence-electron chi connectivity index (χ1n) is 30.6. The summed E-state index contributed by atoms with van der Waals surface area (Å²) in [5.41, 5.74) is 0. The summed E-state index contributed by atoms with van der Waals surface area (Å²) in [4.78, 5) is 13.2. The molecule has 14 nitrogen and oxygen atoms in total. The summed E-state index contributed by atoms with van der Waals surface area (Å²) in [6.07, 6.45) is 38.0. The number of carbonyl (C=O) groups is 1. The van der Waals surface area contributed by atoms with Crippen molar-refractivity contribution in [2.24, 2.45) is 0 Å². The van der Waals surface area contributed by atoms with Gasteiger partial charge in [0.1, 0.15) is 48.8 Å². The van der Waals surface area contributed by atoms with Crippen LogP contribution in [0.2, 0.25) is 0 Å². The lowest BCUT2D eigenvalue weighted by atomic mass is 9.97. The van der Waals surface area contributed by atoms with E-state index in [0.717, 1.165) is 32.1 Å². The van der Waals surface area contributed by atoms with Gasteiger partial charge in [0.05, 0.1) is 32.0 Å². The Morgan fingerprint density at radius 1 is 0.473 bits per heavy atom. The van der Waals surface area contributed by atoms with E-state index in [9.17, 15) is 45.6 Å². The molecule has 2 rings (SSSR count). The van der Waals surface area contributed by atoms with E-state index >= 15 is 0 Å². The molecule has 0 aromatic rings. The molecule has 0 spiro atoms. The molecule has 436 valence electrons. The van der Waals surface area contributed by atoms with E-state index in [1.807, 2.05) is 6.08 Å². The van der Waals surface area contributed by atoms with Gasteiger partial charge in [-0.25, -0.2) is 0 Å². The Kier molecular flexibility index (Phi) is 43.0. The quantitative estimate of drug-likeness (QED) is 0.0204. The number of amides is 1. The molecule has 0 saturated carbocycles. The second-order valence-electron chi connectivity index (χ2n) is 21.8. The molecule has 0 bridgehead atoms. The van der Waals surface area contributed by atoms with Crippen LogP contribution in [-0.4, -0.2) is 140 Å². The number of carbonyl (C=O) groups excluding carboxylic acids is 1. The van der Waals surface area contributed by atoms with Crippen LogP contribution in [0, 0.1) is 0 Å². The molecule has 9 N–H and O–H groups in total. The van der Waals surface area contributed by atoms with Gasteiger partial charge >= 0.3 is 0 Å². The minimum absolute atomic E-state index is 0.246. The maximum atomic E-state index is 13.2. The fourth-order valence-corrected chi connectivity index (χ4v) is 10.2. The van der Waals surface area contributed by atoms with Crippen LogP contribution in [0.15, 0.2) is 24.3 Å². The molecule has 74 heavy (non-hydrogen) atoms. The van der Waals surface area contributed by atoms with Gasteiger partial charge in [-0.3, -0.25) is 4.79 Å². The Labute approximate surface area is 449 Å². The Morgan fingerprint density at radius 3 is 1.32 bits per heavy atom. The van der Waals surface area contributed by atoms with Crippen LogP contribution >= 0.6 is 0 Å². The third-order valence-electron chi connectivity index (χ3n) is 15.1. The molecule has 12 atom stereocenters. The minimum Gasteiger partial charge on any atom is -0.394 e. The first-order chi connectivity index (χ1) is 36.1. The van der Waals surface area contributed by atoms with Crippen LogP contribution in [-0.2, 0) is 23.7 Å². The first-order valence-corrected chi connectivity index (χ1v) is 30.6. The van der Waals surface area contributed by atoms with Gasteiger partial charge in [0, 0.05) is 6.42 Å². The zero-order chi connectivity index (χ0) is 53.9. The van der Waals surface area contributed by atoms with Gasteiger partial charge in [0.15, 0.2) is 12.6 Å². The molecule has 2 saturated heterocycles. The third-order valence-corrected chi connectivity index (χ3v) is 15.1. The van der Waals surface area contributed by atoms with E-state index in [1.165, 1.54) is 193 Å². The second-order valence-corrected chi connectivity index (χ2v) is 21.8. The molecule has 0 radical (unpaired) electrons. The summed E-state index contributed by atoms with van der Waals surface area (Å²) >= 11 is 0. The van der Waals surface area contributed by atoms with Crippen molar-refractivity contribution >= 4 is 5.91 Å². The van der Waals surface area contributed by atoms with Gasteiger partial charge < -0.3 is 65.1 Å². The number of allylic oxidation sites excluding steroid dienone is 3. The predicted octanol–water partition coefficient (Wildman–Crippen LogP) is 10.4. The highest BCUT2D eigenvalue weighted by atomic mass is 16.7. The summed E-state index contributed by atoms with van der Waals surface area (Å²) in [5, 5.41) is 87.0. The zero-order valence-electron chi connectivity index (χ0n) is 46.8. The molecule has 2 aliphatic rings. The van der Waals surface area contributed by atoms with Crippen molar-refractivity contribution < 1.29 is 64.6 Å². The summed E-state index contributed by atoms with van der Waals surface area (Å²) in [7, 11) is 0. The van der Waals surface area contributed by atoms with Gasteiger partial charge in [0.2, 0.25) is 5.91 Å². The van der Waals surface area contributed by atoms with Gasteiger partial charge in [-0.15, -0.1) is 0 Å². The van der Waals surface area contributed by atoms with Crippen molar-refractivity contribution in [1.29, 1.82) is 0 Å². The van der Waals surface area contributed by atoms with Crippen molar-refractivity contribution in [2.75, 3.05) is 19.8 Å². The van der Waals surface area contributed by atoms with E-state index in [-0.39, 0.29) is 18.9 Å². The molecular weight excluding hydrogens is 943 g/mol. The van der Waals surface area contributed by atoms with Crippen molar-refractivity contribution in [3.8, 4) is 0 Å². The van der Waals surface area contributed by atoms with Gasteiger partial charge in [-0.1, -0.05) is 244 Å². The molecule has 12 unspecified atom stereocenters. The number of hydrogen-bond acceptors (Lipinski definition) is 13. The molecule has 0 aromatic heterocycles. The molecule has 2 heterocycles. The molecule has 2 aliphatic heterocycles. The van der Waals surface area contributed by atoms with Gasteiger partial charge in [-0.2, -0.15) is 0 Å². The van der Waals surface area contributed by atoms with E-state index in [1.54, 1.807) is 6.08 Å². The lowest BCUT2D eigenvalue weighted by Crippen LogP contribution is -2.65. The monoisotopic (exact) mass is 1060 g/mol. The molecular formula is C60H113NO13. The summed E-state index contributed by atoms with van der Waals surface area (Å²) < 4.78 is 22.8. The maximum Gasteiger partial charge on any atom is 0.220 e. The van der Waals surface area contributed by atoms with E-state index in [0.29, 0.717) is 12.8 Å². The smallest absolute Gasteiger partial charge is 0.220 e. The number of nitrogens with one attached hydrogen (secondary N) is 1. The Hall–Kier alpha value is -1.53. The van der Waals surface area contributed by atoms with Crippen LogP contribution in [0.5, 0.6) is 0 Å². The van der Waals surface area contributed by atoms with Crippen molar-refractivity contribution in [1.82, 2.24) is 5.32 Å². The fourth-order valence-electron chi connectivity index (χ4n) is 10.2. The van der Waals surface area contributed by atoms with E-state index in [2.05, 4.69) is 31.3 Å². The van der Waals surface area contributed by atoms with E-state index in [4.69, 9.17) is 18.9 Å². The second kappa shape index (κ2) is 46.4. The molecule has 0 aromatic carbocycles. The van der Waals surface area contributed by atoms with Gasteiger partial charge in [-0.05, 0) is 32.1 Å². The van der Waals surface area contributed by atoms with Crippen LogP contribution in [0.1, 0.15) is 258 Å². The molecule has 14 heteroatoms. The highest BCUT2D eigenvalue weighted by Gasteiger charge is 2.51. The largest absolute Gasteiger partial charge is 0.394 e. The number of ether oxygens (including phenoxy) is 4. The first kappa shape index (κ1) is 68.6. The number of rotatable bonds is 49. The molecule has 1 amide bonds. The number of aliphatic hydroxyl groups excluding tert-OH is 8. The number of unbranched alkanes of at least 4 members (excludes halogenated alkanes) is 34. The summed E-state index contributed by atoms with van der Waals surface area (Å²) in [6, 6.07) is -0.927. The minimum atomic E-state index is -1.79. The highest BCUT2D eigenvalue weighted by molar-refractivity contribution is 5.76. The van der Waals surface area contributed by atoms with E-state index < -0.39 is 86.8 Å². The maximum absolute atomic E-state index is 13.2. The zero-order valence-corrected chi connectivity index (χ0v) is 46.8. The van der Waals surface area contributed by atoms with Gasteiger partial charge in [0.25, 0.3) is 0 Å². The predicted molar refractivity (Wildman–Crippen MR) is 295 cm³/mol. The topological polar surface area (TPSA) is 228 Å². The fraction of sp³-hybridized carbons (Fsp3) is 0.917. The highest BCUT2D eigenvalue weighted by Crippen LogP contribution is 2.30. The third kappa shape index (κ3) is 31.8. The lowest BCUT2D eigenvalue weighted by molar-refractivity contribution is -0.359. The van der Waals surface area contributed by atoms with Crippen LogP contribution in [0.25, 0.3) is 0 Å². The number of aliphatic hydroxyl groups is 8. The Balaban J connectivity index is 1.74. The van der Waals surface area contributed by atoms with Crippen LogP contribution < -0.4 is 5.32 Å². The van der Waals surface area contributed by atoms with Crippen molar-refractivity contribution in [3.05, 3.63) is 24.3 Å².